The van der Waals surface area contributed by atoms with Crippen LogP contribution in [0, 0.1) is 13.8 Å². The minimum atomic E-state index is -1.10. The van der Waals surface area contributed by atoms with Gasteiger partial charge in [0.15, 0.2) is 5.54 Å². The fraction of sp³-hybridized carbons (Fsp3) is 0.200. The van der Waals surface area contributed by atoms with Gasteiger partial charge < -0.3 is 5.32 Å². The van der Waals surface area contributed by atoms with Crippen LogP contribution in [0.4, 0.5) is 4.79 Å². The molecule has 0 aliphatic carbocycles. The zero-order valence-electron chi connectivity index (χ0n) is 16.7. The third-order valence-electron chi connectivity index (χ3n) is 5.59. The standard InChI is InChI=1S/C25H24N2O2/c1-18-13-14-19(2)21(15-18)17-27-23(28)25(26-24(27)29,22-11-7-4-8-12-22)16-20-9-5-3-6-10-20/h3-15H,16-17H2,1-2H3,(H,26,29)/t25-/m0/s1. The molecule has 0 bridgehead atoms. The van der Waals surface area contributed by atoms with Crippen LogP contribution in [0.1, 0.15) is 27.8 Å². The molecule has 3 aromatic carbocycles. The molecule has 3 amide bonds. The molecule has 0 saturated carbocycles. The van der Waals surface area contributed by atoms with E-state index in [1.54, 1.807) is 0 Å². The zero-order valence-corrected chi connectivity index (χ0v) is 16.7. The van der Waals surface area contributed by atoms with Crippen molar-refractivity contribution in [2.24, 2.45) is 0 Å². The molecule has 1 fully saturated rings. The van der Waals surface area contributed by atoms with Gasteiger partial charge in [0.1, 0.15) is 0 Å². The number of nitrogens with one attached hydrogen (secondary N) is 1. The van der Waals surface area contributed by atoms with E-state index in [0.717, 1.165) is 27.8 Å². The summed E-state index contributed by atoms with van der Waals surface area (Å²) >= 11 is 0. The second kappa shape index (κ2) is 7.55. The molecule has 1 aliphatic rings. The summed E-state index contributed by atoms with van der Waals surface area (Å²) in [5, 5.41) is 3.02. The lowest BCUT2D eigenvalue weighted by molar-refractivity contribution is -0.132. The number of nitrogens with zero attached hydrogens (tertiary/aromatic N) is 1. The lowest BCUT2D eigenvalue weighted by Crippen LogP contribution is -2.46. The van der Waals surface area contributed by atoms with Crippen molar-refractivity contribution in [1.29, 1.82) is 0 Å². The molecule has 0 spiro atoms. The normalized spacial score (nSPS) is 18.8. The molecule has 1 heterocycles. The molecule has 1 saturated heterocycles. The molecule has 3 aromatic rings. The monoisotopic (exact) mass is 384 g/mol. The summed E-state index contributed by atoms with van der Waals surface area (Å²) in [7, 11) is 0. The van der Waals surface area contributed by atoms with Crippen molar-refractivity contribution in [1.82, 2.24) is 10.2 Å². The smallest absolute Gasteiger partial charge is 0.319 e. The number of rotatable bonds is 5. The predicted octanol–water partition coefficient (Wildman–Crippen LogP) is 4.49. The number of carbonyl (C=O) groups is 2. The van der Waals surface area contributed by atoms with E-state index in [1.165, 1.54) is 4.90 Å². The quantitative estimate of drug-likeness (QED) is 0.659. The van der Waals surface area contributed by atoms with E-state index in [4.69, 9.17) is 0 Å². The van der Waals surface area contributed by atoms with E-state index in [1.807, 2.05) is 92.7 Å². The average molecular weight is 384 g/mol. The van der Waals surface area contributed by atoms with Crippen LogP contribution in [-0.4, -0.2) is 16.8 Å². The van der Waals surface area contributed by atoms with Crippen molar-refractivity contribution < 1.29 is 9.59 Å². The first-order valence-electron chi connectivity index (χ1n) is 9.79. The Morgan fingerprint density at radius 1 is 0.862 bits per heavy atom. The summed E-state index contributed by atoms with van der Waals surface area (Å²) in [6, 6.07) is 25.1. The largest absolute Gasteiger partial charge is 0.325 e. The van der Waals surface area contributed by atoms with Gasteiger partial charge in [0.05, 0.1) is 6.54 Å². The van der Waals surface area contributed by atoms with Crippen LogP contribution in [-0.2, 0) is 23.3 Å². The van der Waals surface area contributed by atoms with Gasteiger partial charge in [-0.1, -0.05) is 84.4 Å². The maximum absolute atomic E-state index is 13.7. The first-order chi connectivity index (χ1) is 14.0. The molecule has 4 heteroatoms. The Kier molecular flexibility index (Phi) is 4.93. The van der Waals surface area contributed by atoms with Crippen LogP contribution in [0.25, 0.3) is 0 Å². The SMILES string of the molecule is Cc1ccc(C)c(CN2C(=O)N[C@@](Cc3ccccc3)(c3ccccc3)C2=O)c1. The zero-order chi connectivity index (χ0) is 20.4. The van der Waals surface area contributed by atoms with Gasteiger partial charge in [-0.15, -0.1) is 0 Å². The average Bonchev–Trinajstić information content (AvgIpc) is 2.97. The second-order valence-corrected chi connectivity index (χ2v) is 7.69. The number of aryl methyl sites for hydroxylation is 2. The highest BCUT2D eigenvalue weighted by Gasteiger charge is 2.52. The molecular formula is C25H24N2O2. The molecule has 0 aromatic heterocycles. The molecular weight excluding hydrogens is 360 g/mol. The van der Waals surface area contributed by atoms with Crippen LogP contribution < -0.4 is 5.32 Å². The van der Waals surface area contributed by atoms with Gasteiger partial charge >= 0.3 is 6.03 Å². The summed E-state index contributed by atoms with van der Waals surface area (Å²) in [6.45, 7) is 4.28. The van der Waals surface area contributed by atoms with Crippen LogP contribution in [0.5, 0.6) is 0 Å². The predicted molar refractivity (Wildman–Crippen MR) is 113 cm³/mol. The maximum Gasteiger partial charge on any atom is 0.325 e. The minimum absolute atomic E-state index is 0.210. The van der Waals surface area contributed by atoms with Gasteiger partial charge in [-0.05, 0) is 36.1 Å². The summed E-state index contributed by atoms with van der Waals surface area (Å²) in [5.41, 5.74) is 3.85. The number of hydrogen-bond acceptors (Lipinski definition) is 2. The number of imide groups is 1. The van der Waals surface area contributed by atoms with E-state index in [9.17, 15) is 9.59 Å². The Hall–Kier alpha value is -3.40. The van der Waals surface area contributed by atoms with Gasteiger partial charge in [0.2, 0.25) is 0 Å². The molecule has 1 atom stereocenters. The second-order valence-electron chi connectivity index (χ2n) is 7.69. The highest BCUT2D eigenvalue weighted by molar-refractivity contribution is 6.07. The topological polar surface area (TPSA) is 49.4 Å². The molecule has 146 valence electrons. The first kappa shape index (κ1) is 18.9. The van der Waals surface area contributed by atoms with Crippen LogP contribution >= 0.6 is 0 Å². The Bertz CT molecular complexity index is 1050. The summed E-state index contributed by atoms with van der Waals surface area (Å²) in [4.78, 5) is 28.0. The first-order valence-corrected chi connectivity index (χ1v) is 9.79. The molecule has 1 aliphatic heterocycles. The third kappa shape index (κ3) is 3.54. The third-order valence-corrected chi connectivity index (χ3v) is 5.59. The van der Waals surface area contributed by atoms with Crippen molar-refractivity contribution in [2.75, 3.05) is 0 Å². The Morgan fingerprint density at radius 3 is 2.21 bits per heavy atom. The summed E-state index contributed by atoms with van der Waals surface area (Å²) in [5.74, 6) is -0.210. The summed E-state index contributed by atoms with van der Waals surface area (Å²) in [6.07, 6.45) is 0.408. The lowest BCUT2D eigenvalue weighted by atomic mass is 9.83. The number of hydrogen-bond donors (Lipinski definition) is 1. The van der Waals surface area contributed by atoms with Crippen molar-refractivity contribution in [3.63, 3.8) is 0 Å². The van der Waals surface area contributed by atoms with Crippen molar-refractivity contribution >= 4 is 11.9 Å². The van der Waals surface area contributed by atoms with E-state index >= 15 is 0 Å². The van der Waals surface area contributed by atoms with Crippen molar-refractivity contribution in [3.05, 3.63) is 107 Å². The van der Waals surface area contributed by atoms with E-state index in [0.29, 0.717) is 6.42 Å². The number of amides is 3. The van der Waals surface area contributed by atoms with Crippen LogP contribution in [0.3, 0.4) is 0 Å². The molecule has 29 heavy (non-hydrogen) atoms. The van der Waals surface area contributed by atoms with E-state index in [2.05, 4.69) is 5.32 Å². The Balaban J connectivity index is 1.74. The lowest BCUT2D eigenvalue weighted by Gasteiger charge is -2.27. The fourth-order valence-electron chi connectivity index (χ4n) is 3.95. The maximum atomic E-state index is 13.7. The fourth-order valence-corrected chi connectivity index (χ4v) is 3.95. The number of benzene rings is 3. The van der Waals surface area contributed by atoms with Crippen LogP contribution in [0.15, 0.2) is 78.9 Å². The van der Waals surface area contributed by atoms with Crippen molar-refractivity contribution in [2.45, 2.75) is 32.4 Å². The molecule has 4 rings (SSSR count). The Morgan fingerprint density at radius 2 is 1.52 bits per heavy atom. The number of carbonyl (C=O) groups excluding carboxylic acids is 2. The number of urea groups is 1. The highest BCUT2D eigenvalue weighted by Crippen LogP contribution is 2.34. The summed E-state index contributed by atoms with van der Waals surface area (Å²) < 4.78 is 0. The van der Waals surface area contributed by atoms with Gasteiger partial charge in [-0.2, -0.15) is 0 Å². The van der Waals surface area contributed by atoms with E-state index < -0.39 is 5.54 Å². The molecule has 1 N–H and O–H groups in total. The molecule has 0 radical (unpaired) electrons. The molecule has 0 unspecified atom stereocenters. The molecule has 4 nitrogen and oxygen atoms in total. The Labute approximate surface area is 171 Å². The van der Waals surface area contributed by atoms with Gasteiger partial charge in [-0.25, -0.2) is 4.79 Å². The minimum Gasteiger partial charge on any atom is -0.319 e. The van der Waals surface area contributed by atoms with Gasteiger partial charge in [0.25, 0.3) is 5.91 Å². The van der Waals surface area contributed by atoms with Crippen LogP contribution in [0.2, 0.25) is 0 Å². The highest BCUT2D eigenvalue weighted by atomic mass is 16.2. The van der Waals surface area contributed by atoms with Crippen molar-refractivity contribution in [3.8, 4) is 0 Å². The van der Waals surface area contributed by atoms with Gasteiger partial charge in [0, 0.05) is 6.42 Å². The van der Waals surface area contributed by atoms with E-state index in [-0.39, 0.29) is 18.5 Å². The van der Waals surface area contributed by atoms with Gasteiger partial charge in [-0.3, -0.25) is 9.69 Å².